The zero-order valence-electron chi connectivity index (χ0n) is 23.3. The fourth-order valence-electron chi connectivity index (χ4n) is 6.87. The Balaban J connectivity index is 1.20. The molecule has 0 spiro atoms. The summed E-state index contributed by atoms with van der Waals surface area (Å²) in [5.74, 6) is -1.15. The Kier molecular flexibility index (Phi) is 8.31. The molecule has 3 fully saturated rings. The fraction of sp³-hybridized carbons (Fsp3) is 0.438. The standard InChI is InChI=1S/C32H35ClN4O5/c33-24-10-5-11-25-23(24)15-27(35-25)32(41)37-16-21-8-4-9-22(21)29(37)31(40)36-26(14-20-12-13-34-30(20)39)28(38)18-42-17-19-6-2-1-3-7-19/h1-3,5-7,10-11,15,20-22,26,29,35H,4,8-9,12-14,16-18H2,(H,34,39)(H,36,40). The number of rotatable bonds is 10. The molecule has 5 unspecified atom stereocenters. The van der Waals surface area contributed by atoms with Crippen LogP contribution < -0.4 is 10.6 Å². The minimum atomic E-state index is -0.897. The molecule has 0 radical (unpaired) electrons. The normalized spacial score (nSPS) is 24.0. The molecule has 1 saturated carbocycles. The van der Waals surface area contributed by atoms with Crippen molar-refractivity contribution in [2.24, 2.45) is 17.8 Å². The van der Waals surface area contributed by atoms with Gasteiger partial charge in [-0.15, -0.1) is 0 Å². The first kappa shape index (κ1) is 28.4. The average molecular weight is 591 g/mol. The third-order valence-corrected chi connectivity index (χ3v) is 9.33. The maximum atomic E-state index is 14.0. The largest absolute Gasteiger partial charge is 0.369 e. The number of hydrogen-bond donors (Lipinski definition) is 3. The fourth-order valence-corrected chi connectivity index (χ4v) is 7.09. The summed E-state index contributed by atoms with van der Waals surface area (Å²) in [5, 5.41) is 7.07. The molecule has 5 atom stereocenters. The van der Waals surface area contributed by atoms with Gasteiger partial charge in [0.1, 0.15) is 18.3 Å². The van der Waals surface area contributed by atoms with E-state index >= 15 is 0 Å². The number of nitrogens with one attached hydrogen (secondary N) is 3. The summed E-state index contributed by atoms with van der Waals surface area (Å²) < 4.78 is 5.70. The summed E-state index contributed by atoms with van der Waals surface area (Å²) >= 11 is 6.35. The zero-order chi connectivity index (χ0) is 29.2. The molecule has 9 nitrogen and oxygen atoms in total. The van der Waals surface area contributed by atoms with Gasteiger partial charge in [0.2, 0.25) is 11.8 Å². The number of halogens is 1. The lowest BCUT2D eigenvalue weighted by Crippen LogP contribution is -2.53. The molecule has 1 aromatic heterocycles. The van der Waals surface area contributed by atoms with E-state index in [2.05, 4.69) is 15.6 Å². The maximum absolute atomic E-state index is 14.0. The van der Waals surface area contributed by atoms with Crippen molar-refractivity contribution >= 4 is 46.0 Å². The van der Waals surface area contributed by atoms with Crippen LogP contribution in [0.25, 0.3) is 10.9 Å². The van der Waals surface area contributed by atoms with Gasteiger partial charge in [0, 0.05) is 34.9 Å². The van der Waals surface area contributed by atoms with E-state index in [1.807, 2.05) is 42.5 Å². The first-order chi connectivity index (χ1) is 20.4. The van der Waals surface area contributed by atoms with E-state index in [4.69, 9.17) is 16.3 Å². The van der Waals surface area contributed by atoms with Crippen molar-refractivity contribution in [3.05, 3.63) is 70.9 Å². The number of carbonyl (C=O) groups is 4. The van der Waals surface area contributed by atoms with Crippen molar-refractivity contribution in [2.45, 2.75) is 50.8 Å². The van der Waals surface area contributed by atoms with E-state index < -0.39 is 12.1 Å². The molecule has 3 N–H and O–H groups in total. The second kappa shape index (κ2) is 12.3. The van der Waals surface area contributed by atoms with Gasteiger partial charge in [0.15, 0.2) is 5.78 Å². The quantitative estimate of drug-likeness (QED) is 0.331. The van der Waals surface area contributed by atoms with Crippen molar-refractivity contribution in [2.75, 3.05) is 19.7 Å². The highest BCUT2D eigenvalue weighted by molar-refractivity contribution is 6.35. The van der Waals surface area contributed by atoms with E-state index in [1.165, 1.54) is 0 Å². The van der Waals surface area contributed by atoms with Crippen LogP contribution in [0.5, 0.6) is 0 Å². The average Bonchev–Trinajstić information content (AvgIpc) is 3.77. The lowest BCUT2D eigenvalue weighted by Gasteiger charge is -2.29. The van der Waals surface area contributed by atoms with Gasteiger partial charge in [-0.2, -0.15) is 0 Å². The Bertz CT molecular complexity index is 1490. The predicted molar refractivity (Wildman–Crippen MR) is 158 cm³/mol. The van der Waals surface area contributed by atoms with E-state index in [0.29, 0.717) is 30.2 Å². The van der Waals surface area contributed by atoms with Crippen LogP contribution in [-0.2, 0) is 25.7 Å². The third-order valence-electron chi connectivity index (χ3n) is 9.01. The van der Waals surface area contributed by atoms with Gasteiger partial charge in [-0.1, -0.05) is 54.4 Å². The highest BCUT2D eigenvalue weighted by atomic mass is 35.5. The number of hydrogen-bond acceptors (Lipinski definition) is 5. The Morgan fingerprint density at radius 1 is 1.07 bits per heavy atom. The van der Waals surface area contributed by atoms with Crippen LogP contribution in [0.3, 0.4) is 0 Å². The van der Waals surface area contributed by atoms with E-state index in [0.717, 1.165) is 35.7 Å². The van der Waals surface area contributed by atoms with Crippen LogP contribution >= 0.6 is 11.6 Å². The molecule has 3 amide bonds. The van der Waals surface area contributed by atoms with Crippen LogP contribution in [0.1, 0.15) is 48.2 Å². The van der Waals surface area contributed by atoms with E-state index in [9.17, 15) is 19.2 Å². The first-order valence-electron chi connectivity index (χ1n) is 14.7. The predicted octanol–water partition coefficient (Wildman–Crippen LogP) is 3.86. The molecule has 42 heavy (non-hydrogen) atoms. The van der Waals surface area contributed by atoms with Gasteiger partial charge in [-0.25, -0.2) is 0 Å². The highest BCUT2D eigenvalue weighted by Gasteiger charge is 2.50. The lowest BCUT2D eigenvalue weighted by molar-refractivity contribution is -0.134. The second-order valence-electron chi connectivity index (χ2n) is 11.7. The Morgan fingerprint density at radius 2 is 1.90 bits per heavy atom. The molecule has 2 aliphatic heterocycles. The Hall–Kier alpha value is -3.69. The number of H-pyrrole nitrogens is 1. The van der Waals surface area contributed by atoms with Crippen molar-refractivity contribution in [3.8, 4) is 0 Å². The molecule has 6 rings (SSSR count). The molecular weight excluding hydrogens is 556 g/mol. The van der Waals surface area contributed by atoms with Gasteiger partial charge in [-0.3, -0.25) is 19.2 Å². The number of nitrogens with zero attached hydrogens (tertiary/aromatic N) is 1. The van der Waals surface area contributed by atoms with Crippen molar-refractivity contribution in [1.29, 1.82) is 0 Å². The number of benzene rings is 2. The van der Waals surface area contributed by atoms with Gasteiger partial charge in [0.05, 0.1) is 12.6 Å². The molecular formula is C32H35ClN4O5. The molecule has 1 aliphatic carbocycles. The summed E-state index contributed by atoms with van der Waals surface area (Å²) in [7, 11) is 0. The molecule has 220 valence electrons. The van der Waals surface area contributed by atoms with Crippen LogP contribution in [0.2, 0.25) is 5.02 Å². The topological polar surface area (TPSA) is 121 Å². The zero-order valence-corrected chi connectivity index (χ0v) is 24.1. The molecule has 10 heteroatoms. The van der Waals surface area contributed by atoms with Crippen LogP contribution in [0.4, 0.5) is 0 Å². The van der Waals surface area contributed by atoms with E-state index in [1.54, 1.807) is 17.0 Å². The summed E-state index contributed by atoms with van der Waals surface area (Å²) in [6.45, 7) is 1.10. The van der Waals surface area contributed by atoms with Gasteiger partial charge in [-0.05, 0) is 61.3 Å². The smallest absolute Gasteiger partial charge is 0.271 e. The van der Waals surface area contributed by atoms with Gasteiger partial charge < -0.3 is 25.3 Å². The number of aromatic nitrogens is 1. The maximum Gasteiger partial charge on any atom is 0.271 e. The minimum Gasteiger partial charge on any atom is -0.369 e. The number of aromatic amines is 1. The minimum absolute atomic E-state index is 0.0155. The number of ketones is 1. The SMILES string of the molecule is O=C1NCCC1CC(NC(=O)C1C2CCCC2CN1C(=O)c1cc2c(Cl)cccc2[nH]1)C(=O)COCc1ccccc1. The van der Waals surface area contributed by atoms with E-state index in [-0.39, 0.29) is 60.9 Å². The summed E-state index contributed by atoms with van der Waals surface area (Å²) in [6.07, 6.45) is 3.59. The van der Waals surface area contributed by atoms with Crippen molar-refractivity contribution in [1.82, 2.24) is 20.5 Å². The third kappa shape index (κ3) is 5.80. The van der Waals surface area contributed by atoms with Crippen molar-refractivity contribution in [3.63, 3.8) is 0 Å². The molecule has 0 bridgehead atoms. The van der Waals surface area contributed by atoms with Crippen LogP contribution in [0, 0.1) is 17.8 Å². The monoisotopic (exact) mass is 590 g/mol. The molecule has 3 aromatic rings. The molecule has 2 saturated heterocycles. The molecule has 3 heterocycles. The van der Waals surface area contributed by atoms with Crippen molar-refractivity contribution < 1.29 is 23.9 Å². The summed E-state index contributed by atoms with van der Waals surface area (Å²) in [5.41, 5.74) is 2.06. The lowest BCUT2D eigenvalue weighted by atomic mass is 9.92. The molecule has 2 aromatic carbocycles. The van der Waals surface area contributed by atoms with Crippen LogP contribution in [-0.4, -0.2) is 65.2 Å². The van der Waals surface area contributed by atoms with Gasteiger partial charge in [0.25, 0.3) is 5.91 Å². The van der Waals surface area contributed by atoms with Gasteiger partial charge >= 0.3 is 0 Å². The first-order valence-corrected chi connectivity index (χ1v) is 15.1. The Labute approximate surface area is 249 Å². The summed E-state index contributed by atoms with van der Waals surface area (Å²) in [6, 6.07) is 15.1. The number of Topliss-reactive ketones (excluding diaryl/α,β-unsaturated/α-hetero) is 1. The summed E-state index contributed by atoms with van der Waals surface area (Å²) in [4.78, 5) is 58.4. The number of fused-ring (bicyclic) bond motifs is 2. The highest BCUT2D eigenvalue weighted by Crippen LogP contribution is 2.43. The molecule has 3 aliphatic rings. The number of carbonyl (C=O) groups excluding carboxylic acids is 4. The number of amides is 3. The second-order valence-corrected chi connectivity index (χ2v) is 12.1. The number of ether oxygens (including phenoxy) is 1. The van der Waals surface area contributed by atoms with Crippen LogP contribution in [0.15, 0.2) is 54.6 Å². The Morgan fingerprint density at radius 3 is 2.67 bits per heavy atom. The number of likely N-dealkylation sites (tertiary alicyclic amines) is 1.